The van der Waals surface area contributed by atoms with Crippen LogP contribution in [-0.2, 0) is 18.9 Å². The second-order valence-corrected chi connectivity index (χ2v) is 10.1. The number of nitriles is 1. The van der Waals surface area contributed by atoms with Gasteiger partial charge in [-0.05, 0) is 62.8 Å². The van der Waals surface area contributed by atoms with Crippen LogP contribution in [0.1, 0.15) is 65.5 Å². The molecule has 1 saturated carbocycles. The highest BCUT2D eigenvalue weighted by Gasteiger charge is 2.46. The number of halogens is 3. The summed E-state index contributed by atoms with van der Waals surface area (Å²) in [6.07, 6.45) is 6.46. The van der Waals surface area contributed by atoms with Crippen molar-refractivity contribution in [3.63, 3.8) is 0 Å². The average molecular weight is 492 g/mol. The maximum absolute atomic E-state index is 14.0. The molecule has 2 atom stereocenters. The van der Waals surface area contributed by atoms with E-state index in [0.29, 0.717) is 17.7 Å². The molecule has 1 saturated heterocycles. The number of pyridine rings is 1. The molecule has 36 heavy (non-hydrogen) atoms. The van der Waals surface area contributed by atoms with Gasteiger partial charge in [0, 0.05) is 36.0 Å². The molecule has 1 aliphatic carbocycles. The van der Waals surface area contributed by atoms with E-state index < -0.39 is 22.9 Å². The highest BCUT2D eigenvalue weighted by Crippen LogP contribution is 2.47. The lowest BCUT2D eigenvalue weighted by atomic mass is 9.81. The fraction of sp³-hybridized carbons (Fsp3) is 0.407. The number of hydrogen-bond donors (Lipinski definition) is 0. The predicted molar refractivity (Wildman–Crippen MR) is 124 cm³/mol. The summed E-state index contributed by atoms with van der Waals surface area (Å²) in [7, 11) is 1.72. The molecule has 9 heteroatoms. The molecule has 3 aliphatic rings. The fourth-order valence-corrected chi connectivity index (χ4v) is 5.88. The number of aryl methyl sites for hydroxylation is 1. The van der Waals surface area contributed by atoms with Crippen LogP contribution in [0.2, 0.25) is 0 Å². The van der Waals surface area contributed by atoms with E-state index in [9.17, 15) is 23.2 Å². The van der Waals surface area contributed by atoms with Crippen LogP contribution in [0, 0.1) is 28.8 Å². The van der Waals surface area contributed by atoms with Gasteiger partial charge in [0.15, 0.2) is 23.2 Å². The maximum Gasteiger partial charge on any atom is 0.194 e. The first-order valence-electron chi connectivity index (χ1n) is 12.2. The summed E-state index contributed by atoms with van der Waals surface area (Å²) in [5, 5.41) is 14.1. The second-order valence-electron chi connectivity index (χ2n) is 10.1. The van der Waals surface area contributed by atoms with Gasteiger partial charge in [-0.1, -0.05) is 0 Å². The predicted octanol–water partition coefficient (Wildman–Crippen LogP) is 4.79. The van der Waals surface area contributed by atoms with Gasteiger partial charge in [0.05, 0.1) is 41.2 Å². The zero-order valence-electron chi connectivity index (χ0n) is 19.8. The summed E-state index contributed by atoms with van der Waals surface area (Å²) >= 11 is 0. The van der Waals surface area contributed by atoms with Crippen LogP contribution in [0.3, 0.4) is 0 Å². The lowest BCUT2D eigenvalue weighted by molar-refractivity contribution is 0.0562. The highest BCUT2D eigenvalue weighted by molar-refractivity contribution is 5.97. The van der Waals surface area contributed by atoms with E-state index in [2.05, 4.69) is 16.0 Å². The van der Waals surface area contributed by atoms with Gasteiger partial charge in [0.2, 0.25) is 0 Å². The van der Waals surface area contributed by atoms with Crippen molar-refractivity contribution >= 4 is 5.78 Å². The smallest absolute Gasteiger partial charge is 0.194 e. The van der Waals surface area contributed by atoms with Gasteiger partial charge in [-0.2, -0.15) is 10.4 Å². The van der Waals surface area contributed by atoms with E-state index in [1.807, 2.05) is 0 Å². The Hall–Kier alpha value is -3.51. The number of carbonyl (C=O) groups is 1. The number of hydrogen-bond acceptors (Lipinski definition) is 5. The Morgan fingerprint density at radius 3 is 2.58 bits per heavy atom. The van der Waals surface area contributed by atoms with Gasteiger partial charge in [-0.15, -0.1) is 0 Å². The standard InChI is InChI=1S/C27H24F3N5O/c1-34-26(16-9-19(28)24(30)20(29)10-16)18-11-17-3-2-4-21(25(18)33-34)35(17)13-22(36)15-5-6-23(32-12-15)27(14-31)7-8-27/h5-6,9-10,12,17,21H,2-4,7-8,11,13H2,1H3/t17-,21+/m0/s1. The van der Waals surface area contributed by atoms with Crippen molar-refractivity contribution < 1.29 is 18.0 Å². The summed E-state index contributed by atoms with van der Waals surface area (Å²) in [4.78, 5) is 19.8. The van der Waals surface area contributed by atoms with Crippen LogP contribution in [0.4, 0.5) is 13.2 Å². The van der Waals surface area contributed by atoms with Crippen LogP contribution in [-0.4, -0.2) is 38.0 Å². The number of carbonyl (C=O) groups excluding carboxylic acids is 1. The molecule has 2 fully saturated rings. The SMILES string of the molecule is Cn1nc2c(c1-c1cc(F)c(F)c(F)c1)C[C@@H]1CCC[C@H]2N1CC(=O)c1ccc(C2(C#N)CC2)nc1. The number of fused-ring (bicyclic) bond motifs is 4. The summed E-state index contributed by atoms with van der Waals surface area (Å²) in [5.41, 5.74) is 3.28. The minimum Gasteiger partial charge on any atom is -0.293 e. The summed E-state index contributed by atoms with van der Waals surface area (Å²) < 4.78 is 43.2. The Labute approximate surface area is 206 Å². The van der Waals surface area contributed by atoms with Crippen LogP contribution < -0.4 is 0 Å². The van der Waals surface area contributed by atoms with Gasteiger partial charge in [-0.25, -0.2) is 13.2 Å². The fourth-order valence-electron chi connectivity index (χ4n) is 5.88. The topological polar surface area (TPSA) is 74.8 Å². The first kappa shape index (κ1) is 22.9. The zero-order valence-corrected chi connectivity index (χ0v) is 19.8. The molecule has 0 spiro atoms. The molecular formula is C27H24F3N5O. The van der Waals surface area contributed by atoms with E-state index in [-0.39, 0.29) is 30.0 Å². The Balaban J connectivity index is 1.29. The molecular weight excluding hydrogens is 467 g/mol. The molecule has 0 N–H and O–H groups in total. The number of ketones is 1. The van der Waals surface area contributed by atoms with Crippen LogP contribution in [0.25, 0.3) is 11.3 Å². The quantitative estimate of drug-likeness (QED) is 0.379. The van der Waals surface area contributed by atoms with Crippen molar-refractivity contribution in [2.45, 2.75) is 56.0 Å². The molecule has 0 unspecified atom stereocenters. The minimum absolute atomic E-state index is 0.0463. The van der Waals surface area contributed by atoms with Crippen molar-refractivity contribution in [2.24, 2.45) is 7.05 Å². The molecule has 4 heterocycles. The largest absolute Gasteiger partial charge is 0.293 e. The van der Waals surface area contributed by atoms with Crippen LogP contribution >= 0.6 is 0 Å². The Morgan fingerprint density at radius 2 is 1.94 bits per heavy atom. The Morgan fingerprint density at radius 1 is 1.19 bits per heavy atom. The number of benzene rings is 1. The van der Waals surface area contributed by atoms with Gasteiger partial charge < -0.3 is 0 Å². The molecule has 2 bridgehead atoms. The van der Waals surface area contributed by atoms with Gasteiger partial charge in [-0.3, -0.25) is 19.4 Å². The first-order chi connectivity index (χ1) is 17.3. The molecule has 0 radical (unpaired) electrons. The van der Waals surface area contributed by atoms with Crippen LogP contribution in [0.15, 0.2) is 30.5 Å². The molecule has 6 nitrogen and oxygen atoms in total. The molecule has 2 aliphatic heterocycles. The first-order valence-corrected chi connectivity index (χ1v) is 12.2. The van der Waals surface area contributed by atoms with E-state index >= 15 is 0 Å². The van der Waals surface area contributed by atoms with Crippen molar-refractivity contribution in [1.29, 1.82) is 5.26 Å². The number of Topliss-reactive ketones (excluding diaryl/α,β-unsaturated/α-hetero) is 1. The van der Waals surface area contributed by atoms with Gasteiger partial charge in [0.25, 0.3) is 0 Å². The third-order valence-electron chi connectivity index (χ3n) is 7.94. The zero-order chi connectivity index (χ0) is 25.2. The van der Waals surface area contributed by atoms with Crippen molar-refractivity contribution in [3.05, 3.63) is 70.4 Å². The molecule has 0 amide bonds. The van der Waals surface area contributed by atoms with E-state index in [0.717, 1.165) is 61.2 Å². The third kappa shape index (κ3) is 3.54. The Kier molecular flexibility index (Phi) is 5.27. The summed E-state index contributed by atoms with van der Waals surface area (Å²) in [5.74, 6) is -4.00. The van der Waals surface area contributed by atoms with Crippen LogP contribution in [0.5, 0.6) is 0 Å². The van der Waals surface area contributed by atoms with Crippen molar-refractivity contribution in [2.75, 3.05) is 6.54 Å². The molecule has 1 aromatic carbocycles. The second kappa shape index (κ2) is 8.27. The summed E-state index contributed by atoms with van der Waals surface area (Å²) in [6, 6.07) is 7.87. The molecule has 6 rings (SSSR count). The lowest BCUT2D eigenvalue weighted by Gasteiger charge is -2.45. The third-order valence-corrected chi connectivity index (χ3v) is 7.94. The average Bonchev–Trinajstić information content (AvgIpc) is 3.60. The monoisotopic (exact) mass is 491 g/mol. The number of aromatic nitrogens is 3. The van der Waals surface area contributed by atoms with Crippen molar-refractivity contribution in [1.82, 2.24) is 19.7 Å². The van der Waals surface area contributed by atoms with Gasteiger partial charge >= 0.3 is 0 Å². The highest BCUT2D eigenvalue weighted by atomic mass is 19.2. The summed E-state index contributed by atoms with van der Waals surface area (Å²) in [6.45, 7) is 0.213. The normalized spacial score (nSPS) is 22.1. The lowest BCUT2D eigenvalue weighted by Crippen LogP contribution is -2.48. The molecule has 2 aromatic heterocycles. The van der Waals surface area contributed by atoms with Crippen molar-refractivity contribution in [3.8, 4) is 17.3 Å². The minimum atomic E-state index is -1.49. The van der Waals surface area contributed by atoms with E-state index in [1.165, 1.54) is 0 Å². The Bertz CT molecular complexity index is 1400. The van der Waals surface area contributed by atoms with E-state index in [1.54, 1.807) is 30.1 Å². The number of nitrogens with zero attached hydrogens (tertiary/aromatic N) is 5. The van der Waals surface area contributed by atoms with E-state index in [4.69, 9.17) is 5.10 Å². The van der Waals surface area contributed by atoms with Gasteiger partial charge in [0.1, 0.15) is 0 Å². The molecule has 184 valence electrons. The maximum atomic E-state index is 14.0. The molecule has 3 aromatic rings. The number of rotatable bonds is 5. The number of piperidine rings is 1.